The van der Waals surface area contributed by atoms with Crippen LogP contribution in [0.15, 0.2) is 77.8 Å². The first-order valence-corrected chi connectivity index (χ1v) is 8.59. The number of aryl methyl sites for hydroxylation is 1. The van der Waals surface area contributed by atoms with E-state index in [2.05, 4.69) is 42.2 Å². The van der Waals surface area contributed by atoms with Gasteiger partial charge in [0.1, 0.15) is 5.75 Å². The van der Waals surface area contributed by atoms with Gasteiger partial charge in [0.25, 0.3) is 0 Å². The summed E-state index contributed by atoms with van der Waals surface area (Å²) in [6.07, 6.45) is 1.98. The molecule has 3 aromatic carbocycles. The zero-order chi connectivity index (χ0) is 17.6. The van der Waals surface area contributed by atoms with Crippen LogP contribution in [-0.4, -0.2) is 12.3 Å². The van der Waals surface area contributed by atoms with E-state index >= 15 is 0 Å². The highest BCUT2D eigenvalue weighted by Gasteiger charge is 2.12. The summed E-state index contributed by atoms with van der Waals surface area (Å²) >= 11 is 0. The molecule has 0 fully saturated rings. The average molecular weight is 329 g/mol. The summed E-state index contributed by atoms with van der Waals surface area (Å²) in [6.45, 7) is 6.16. The Hall–Kier alpha value is -2.87. The molecule has 0 amide bonds. The van der Waals surface area contributed by atoms with Crippen molar-refractivity contribution in [3.63, 3.8) is 0 Å². The number of rotatable bonds is 5. The number of nitrogens with zero attached hydrogens (tertiary/aromatic N) is 1. The number of hydrogen-bond acceptors (Lipinski definition) is 2. The molecule has 0 aliphatic carbocycles. The number of ether oxygens (including phenoxy) is 1. The largest absolute Gasteiger partial charge is 0.490 e. The molecule has 3 rings (SSSR count). The molecule has 2 heteroatoms. The minimum absolute atomic E-state index is 0.0939. The molecule has 0 N–H and O–H groups in total. The number of benzene rings is 3. The lowest BCUT2D eigenvalue weighted by Crippen LogP contribution is -2.08. The van der Waals surface area contributed by atoms with E-state index < -0.39 is 0 Å². The van der Waals surface area contributed by atoms with Crippen molar-refractivity contribution in [2.45, 2.75) is 26.9 Å². The second-order valence-corrected chi connectivity index (χ2v) is 6.35. The lowest BCUT2D eigenvalue weighted by Gasteiger charge is -2.17. The van der Waals surface area contributed by atoms with Crippen LogP contribution in [0.4, 0.5) is 5.69 Å². The van der Waals surface area contributed by atoms with Gasteiger partial charge in [0.15, 0.2) is 0 Å². The molecule has 0 saturated carbocycles. The first kappa shape index (κ1) is 17.0. The molecule has 126 valence electrons. The monoisotopic (exact) mass is 329 g/mol. The van der Waals surface area contributed by atoms with Gasteiger partial charge < -0.3 is 4.74 Å². The van der Waals surface area contributed by atoms with E-state index in [4.69, 9.17) is 4.74 Å². The average Bonchev–Trinajstić information content (AvgIpc) is 2.62. The Morgan fingerprint density at radius 2 is 1.56 bits per heavy atom. The first-order valence-electron chi connectivity index (χ1n) is 8.59. The third kappa shape index (κ3) is 4.36. The summed E-state index contributed by atoms with van der Waals surface area (Å²) < 4.78 is 6.15. The van der Waals surface area contributed by atoms with E-state index in [9.17, 15) is 0 Å². The molecule has 0 aliphatic heterocycles. The molecular weight excluding hydrogens is 306 g/mol. The van der Waals surface area contributed by atoms with Crippen LogP contribution in [0, 0.1) is 6.92 Å². The van der Waals surface area contributed by atoms with Crippen LogP contribution >= 0.6 is 0 Å². The maximum absolute atomic E-state index is 6.15. The first-order chi connectivity index (χ1) is 12.1. The third-order valence-corrected chi connectivity index (χ3v) is 3.87. The summed E-state index contributed by atoms with van der Waals surface area (Å²) in [5, 5.41) is 0. The minimum Gasteiger partial charge on any atom is -0.490 e. The minimum atomic E-state index is 0.0939. The number of hydrogen-bond donors (Lipinski definition) is 0. The van der Waals surface area contributed by atoms with Gasteiger partial charge in [-0.15, -0.1) is 0 Å². The van der Waals surface area contributed by atoms with Crippen molar-refractivity contribution in [2.24, 2.45) is 4.99 Å². The van der Waals surface area contributed by atoms with Crippen LogP contribution in [-0.2, 0) is 0 Å². The van der Waals surface area contributed by atoms with E-state index in [1.54, 1.807) is 0 Å². The second-order valence-electron chi connectivity index (χ2n) is 6.35. The van der Waals surface area contributed by atoms with Crippen molar-refractivity contribution in [1.29, 1.82) is 0 Å². The van der Waals surface area contributed by atoms with Gasteiger partial charge >= 0.3 is 0 Å². The van der Waals surface area contributed by atoms with Crippen LogP contribution < -0.4 is 4.74 Å². The summed E-state index contributed by atoms with van der Waals surface area (Å²) in [6, 6.07) is 24.7. The topological polar surface area (TPSA) is 21.6 Å². The quantitative estimate of drug-likeness (QED) is 0.511. The van der Waals surface area contributed by atoms with Crippen LogP contribution in [0.3, 0.4) is 0 Å². The fourth-order valence-corrected chi connectivity index (χ4v) is 2.64. The Kier molecular flexibility index (Phi) is 5.30. The highest BCUT2D eigenvalue weighted by molar-refractivity contribution is 5.90. The maximum Gasteiger partial charge on any atom is 0.136 e. The fourth-order valence-electron chi connectivity index (χ4n) is 2.64. The van der Waals surface area contributed by atoms with Gasteiger partial charge in [-0.25, -0.2) is 0 Å². The molecule has 0 unspecified atom stereocenters. The molecule has 0 saturated heterocycles. The summed E-state index contributed by atoms with van der Waals surface area (Å²) in [4.78, 5) is 4.62. The van der Waals surface area contributed by atoms with E-state index in [1.165, 1.54) is 5.56 Å². The number of para-hydroxylation sites is 1. The Bertz CT molecular complexity index is 849. The van der Waals surface area contributed by atoms with Crippen molar-refractivity contribution in [3.05, 3.63) is 83.9 Å². The van der Waals surface area contributed by atoms with Crippen molar-refractivity contribution < 1.29 is 4.74 Å². The van der Waals surface area contributed by atoms with Crippen molar-refractivity contribution >= 4 is 11.9 Å². The van der Waals surface area contributed by atoms with Gasteiger partial charge in [0.2, 0.25) is 0 Å². The highest BCUT2D eigenvalue weighted by atomic mass is 16.5. The molecule has 0 bridgehead atoms. The van der Waals surface area contributed by atoms with Gasteiger partial charge in [0.05, 0.1) is 11.8 Å². The molecule has 0 spiro atoms. The number of aliphatic imine (C=N–C) groups is 1. The Morgan fingerprint density at radius 3 is 2.24 bits per heavy atom. The predicted molar refractivity (Wildman–Crippen MR) is 106 cm³/mol. The molecule has 25 heavy (non-hydrogen) atoms. The van der Waals surface area contributed by atoms with Gasteiger partial charge in [-0.1, -0.05) is 60.2 Å². The molecule has 0 atom stereocenters. The zero-order valence-electron chi connectivity index (χ0n) is 14.9. The summed E-state index contributed by atoms with van der Waals surface area (Å²) in [5.41, 5.74) is 5.38. The van der Waals surface area contributed by atoms with E-state index in [1.807, 2.05) is 62.5 Å². The zero-order valence-corrected chi connectivity index (χ0v) is 14.9. The molecule has 0 aromatic heterocycles. The Balaban J connectivity index is 2.02. The summed E-state index contributed by atoms with van der Waals surface area (Å²) in [7, 11) is 0. The normalized spacial score (nSPS) is 11.2. The highest BCUT2D eigenvalue weighted by Crippen LogP contribution is 2.33. The fraction of sp³-hybridized carbons (Fsp3) is 0.174. The molecule has 0 radical (unpaired) electrons. The Morgan fingerprint density at radius 1 is 0.840 bits per heavy atom. The van der Waals surface area contributed by atoms with Crippen LogP contribution in [0.25, 0.3) is 11.1 Å². The van der Waals surface area contributed by atoms with Crippen molar-refractivity contribution in [2.75, 3.05) is 0 Å². The van der Waals surface area contributed by atoms with Gasteiger partial charge in [0, 0.05) is 17.3 Å². The van der Waals surface area contributed by atoms with Crippen LogP contribution in [0.5, 0.6) is 5.75 Å². The van der Waals surface area contributed by atoms with Gasteiger partial charge in [-0.3, -0.25) is 4.99 Å². The van der Waals surface area contributed by atoms with Gasteiger partial charge in [-0.2, -0.15) is 0 Å². The SMILES string of the molecule is Cc1ccc(/N=C/c2cccc(-c3ccccc3)c2OC(C)C)cc1. The lowest BCUT2D eigenvalue weighted by molar-refractivity contribution is 0.243. The maximum atomic E-state index is 6.15. The summed E-state index contributed by atoms with van der Waals surface area (Å²) in [5.74, 6) is 0.875. The molecule has 2 nitrogen and oxygen atoms in total. The van der Waals surface area contributed by atoms with Crippen molar-refractivity contribution in [1.82, 2.24) is 0 Å². The van der Waals surface area contributed by atoms with E-state index in [-0.39, 0.29) is 6.10 Å². The van der Waals surface area contributed by atoms with Crippen molar-refractivity contribution in [3.8, 4) is 16.9 Å². The predicted octanol–water partition coefficient (Wildman–Crippen LogP) is 6.20. The molecular formula is C23H23NO. The van der Waals surface area contributed by atoms with Gasteiger partial charge in [-0.05, 0) is 44.5 Å². The van der Waals surface area contributed by atoms with Crippen LogP contribution in [0.1, 0.15) is 25.0 Å². The Labute approximate surface area is 149 Å². The molecule has 0 aliphatic rings. The van der Waals surface area contributed by atoms with E-state index in [0.29, 0.717) is 0 Å². The molecule has 3 aromatic rings. The van der Waals surface area contributed by atoms with Crippen LogP contribution in [0.2, 0.25) is 0 Å². The second kappa shape index (κ2) is 7.80. The lowest BCUT2D eigenvalue weighted by atomic mass is 10.0. The smallest absolute Gasteiger partial charge is 0.136 e. The standard InChI is InChI=1S/C23H23NO/c1-17(2)25-23-20(16-24-21-14-12-18(3)13-15-21)10-7-11-22(23)19-8-5-4-6-9-19/h4-17H,1-3H3/b24-16+. The third-order valence-electron chi connectivity index (χ3n) is 3.87. The molecule has 0 heterocycles. The van der Waals surface area contributed by atoms with E-state index in [0.717, 1.165) is 28.1 Å².